The largest absolute Gasteiger partial charge is 0.573 e. The third-order valence-electron chi connectivity index (χ3n) is 7.26. The Morgan fingerprint density at radius 2 is 1.95 bits per heavy atom. The number of carbonyl (C=O) groups is 1. The maximum absolute atomic E-state index is 13.2. The highest BCUT2D eigenvalue weighted by atomic mass is 32.1. The topological polar surface area (TPSA) is 96.6 Å². The number of hydrogen-bond acceptors (Lipinski definition) is 8. The second kappa shape index (κ2) is 9.42. The number of halogens is 3. The van der Waals surface area contributed by atoms with Crippen molar-refractivity contribution in [1.82, 2.24) is 14.9 Å². The summed E-state index contributed by atoms with van der Waals surface area (Å²) >= 11 is 1.44. The number of carbonyl (C=O) groups excluding carboxylic acids is 1. The molecule has 0 radical (unpaired) electrons. The molecule has 1 saturated carbocycles. The number of alkyl halides is 3. The van der Waals surface area contributed by atoms with Crippen LogP contribution in [0.3, 0.4) is 0 Å². The molecular weight excluding hydrogens is 517 g/mol. The lowest BCUT2D eigenvalue weighted by Gasteiger charge is -2.34. The molecule has 3 heterocycles. The first-order valence-corrected chi connectivity index (χ1v) is 13.4. The molecule has 2 aliphatic carbocycles. The van der Waals surface area contributed by atoms with Crippen LogP contribution in [-0.4, -0.2) is 60.4 Å². The Morgan fingerprint density at radius 3 is 2.63 bits per heavy atom. The summed E-state index contributed by atoms with van der Waals surface area (Å²) in [6, 6.07) is 4.60. The molecule has 1 saturated heterocycles. The number of ether oxygens (including phenoxy) is 1. The highest BCUT2D eigenvalue weighted by Crippen LogP contribution is 2.52. The predicted molar refractivity (Wildman–Crippen MR) is 139 cm³/mol. The predicted octanol–water partition coefficient (Wildman–Crippen LogP) is 4.67. The van der Waals surface area contributed by atoms with E-state index in [-0.39, 0.29) is 17.4 Å². The molecule has 0 bridgehead atoms. The second-order valence-corrected chi connectivity index (χ2v) is 11.1. The smallest absolute Gasteiger partial charge is 0.404 e. The second-order valence-electron chi connectivity index (χ2n) is 10.00. The van der Waals surface area contributed by atoms with Crippen LogP contribution in [0.5, 0.6) is 5.75 Å². The summed E-state index contributed by atoms with van der Waals surface area (Å²) in [6.45, 7) is 3.24. The number of thiophene rings is 1. The molecule has 0 unspecified atom stereocenters. The van der Waals surface area contributed by atoms with E-state index in [1.807, 2.05) is 7.05 Å². The van der Waals surface area contributed by atoms with Crippen LogP contribution in [0.25, 0.3) is 11.3 Å². The first-order valence-electron chi connectivity index (χ1n) is 12.6. The number of piperazine rings is 1. The van der Waals surface area contributed by atoms with Gasteiger partial charge in [-0.1, -0.05) is 0 Å². The fourth-order valence-corrected chi connectivity index (χ4v) is 6.52. The maximum atomic E-state index is 13.2. The van der Waals surface area contributed by atoms with Gasteiger partial charge in [-0.2, -0.15) is 0 Å². The van der Waals surface area contributed by atoms with Gasteiger partial charge in [-0.15, -0.1) is 24.5 Å². The van der Waals surface area contributed by atoms with Crippen LogP contribution in [0.15, 0.2) is 24.4 Å². The van der Waals surface area contributed by atoms with Crippen molar-refractivity contribution in [3.8, 4) is 17.0 Å². The van der Waals surface area contributed by atoms with Gasteiger partial charge in [0.1, 0.15) is 0 Å². The first-order chi connectivity index (χ1) is 18.2. The minimum atomic E-state index is -4.85. The van der Waals surface area contributed by atoms with E-state index in [1.54, 1.807) is 18.3 Å². The van der Waals surface area contributed by atoms with E-state index in [9.17, 15) is 18.0 Å². The Bertz CT molecular complexity index is 1400. The number of aryl methyl sites for hydroxylation is 1. The number of fused-ring (bicyclic) bond motifs is 3. The van der Waals surface area contributed by atoms with Crippen LogP contribution < -0.4 is 20.7 Å². The number of hydrogen-bond donors (Lipinski definition) is 2. The van der Waals surface area contributed by atoms with Gasteiger partial charge in [-0.3, -0.25) is 4.79 Å². The fourth-order valence-electron chi connectivity index (χ4n) is 5.15. The number of likely N-dealkylation sites (N-methyl/N-ethyl adjacent to an activating group) is 1. The Labute approximate surface area is 221 Å². The molecule has 2 fully saturated rings. The van der Waals surface area contributed by atoms with E-state index in [0.29, 0.717) is 29.3 Å². The SMILES string of the molecule is CN1CCN(c2ccc(OC(F)(F)F)c(Nc3ncc4c(n3)-c3c(C5CC5)sc(C(N)=O)c3CC4)c2)CC1. The third kappa shape index (κ3) is 4.90. The van der Waals surface area contributed by atoms with Crippen molar-refractivity contribution in [3.63, 3.8) is 0 Å². The van der Waals surface area contributed by atoms with E-state index >= 15 is 0 Å². The average molecular weight is 545 g/mol. The number of benzene rings is 1. The molecule has 3 N–H and O–H groups in total. The number of nitrogens with zero attached hydrogens (tertiary/aromatic N) is 4. The molecule has 6 rings (SSSR count). The van der Waals surface area contributed by atoms with Gasteiger partial charge in [0.05, 0.1) is 16.3 Å². The Hall–Kier alpha value is -3.38. The average Bonchev–Trinajstić information content (AvgIpc) is 3.64. The Balaban J connectivity index is 1.37. The Morgan fingerprint density at radius 1 is 1.18 bits per heavy atom. The number of rotatable bonds is 6. The van der Waals surface area contributed by atoms with E-state index in [2.05, 4.69) is 24.8 Å². The number of amides is 1. The first kappa shape index (κ1) is 24.9. The molecule has 38 heavy (non-hydrogen) atoms. The van der Waals surface area contributed by atoms with Crippen molar-refractivity contribution in [2.24, 2.45) is 5.73 Å². The summed E-state index contributed by atoms with van der Waals surface area (Å²) in [6.07, 6.45) is 0.294. The van der Waals surface area contributed by atoms with Gasteiger partial charge in [0.15, 0.2) is 5.75 Å². The molecule has 8 nitrogen and oxygen atoms in total. The molecule has 2 aromatic heterocycles. The van der Waals surface area contributed by atoms with Crippen LogP contribution in [0, 0.1) is 0 Å². The number of nitrogens with two attached hydrogens (primary N) is 1. The van der Waals surface area contributed by atoms with Gasteiger partial charge in [-0.05, 0) is 68.0 Å². The minimum absolute atomic E-state index is 0.125. The van der Waals surface area contributed by atoms with Crippen LogP contribution in [-0.2, 0) is 12.8 Å². The van der Waals surface area contributed by atoms with Crippen molar-refractivity contribution in [2.45, 2.75) is 38.0 Å². The summed E-state index contributed by atoms with van der Waals surface area (Å²) in [7, 11) is 2.04. The van der Waals surface area contributed by atoms with Crippen molar-refractivity contribution < 1.29 is 22.7 Å². The number of nitrogens with one attached hydrogen (secondary N) is 1. The molecule has 0 spiro atoms. The summed E-state index contributed by atoms with van der Waals surface area (Å²) in [5.41, 5.74) is 10.1. The zero-order chi connectivity index (χ0) is 26.6. The van der Waals surface area contributed by atoms with Crippen LogP contribution >= 0.6 is 11.3 Å². The summed E-state index contributed by atoms with van der Waals surface area (Å²) in [4.78, 5) is 27.3. The number of anilines is 3. The molecular formula is C26H27F3N6O2S. The van der Waals surface area contributed by atoms with Gasteiger partial charge >= 0.3 is 6.36 Å². The molecule has 1 amide bonds. The van der Waals surface area contributed by atoms with Crippen LogP contribution in [0.2, 0.25) is 0 Å². The zero-order valence-corrected chi connectivity index (χ0v) is 21.6. The quantitative estimate of drug-likeness (QED) is 0.466. The van der Waals surface area contributed by atoms with Gasteiger partial charge in [0.2, 0.25) is 5.95 Å². The molecule has 3 aliphatic rings. The monoisotopic (exact) mass is 544 g/mol. The highest BCUT2D eigenvalue weighted by Gasteiger charge is 2.36. The number of primary amides is 1. The van der Waals surface area contributed by atoms with Gasteiger partial charge in [0.25, 0.3) is 5.91 Å². The van der Waals surface area contributed by atoms with E-state index < -0.39 is 12.3 Å². The van der Waals surface area contributed by atoms with E-state index in [4.69, 9.17) is 10.7 Å². The van der Waals surface area contributed by atoms with Crippen molar-refractivity contribution in [1.29, 1.82) is 0 Å². The van der Waals surface area contributed by atoms with Gasteiger partial charge in [-0.25, -0.2) is 9.97 Å². The standard InChI is InChI=1S/C26H27F3N6O2S/c1-34-8-10-35(11-9-34)16-5-7-19(37-26(27,28)29)18(12-16)32-25-31-13-15-4-6-17-20(21(15)33-25)22(14-2-3-14)38-23(17)24(30)36/h5,7,12-14H,2-4,6,8-11H2,1H3,(H2,30,36)(H,31,32,33). The zero-order valence-electron chi connectivity index (χ0n) is 20.8. The molecule has 200 valence electrons. The Kier molecular flexibility index (Phi) is 6.18. The maximum Gasteiger partial charge on any atom is 0.573 e. The van der Waals surface area contributed by atoms with Crippen molar-refractivity contribution in [3.05, 3.63) is 45.3 Å². The summed E-state index contributed by atoms with van der Waals surface area (Å²) in [5, 5.41) is 2.99. The lowest BCUT2D eigenvalue weighted by Crippen LogP contribution is -2.44. The van der Waals surface area contributed by atoms with Crippen molar-refractivity contribution >= 4 is 34.6 Å². The highest BCUT2D eigenvalue weighted by molar-refractivity contribution is 7.15. The van der Waals surface area contributed by atoms with Gasteiger partial charge in [0, 0.05) is 48.5 Å². The lowest BCUT2D eigenvalue weighted by atomic mass is 9.89. The van der Waals surface area contributed by atoms with E-state index in [0.717, 1.165) is 66.3 Å². The van der Waals surface area contributed by atoms with Crippen LogP contribution in [0.1, 0.15) is 44.4 Å². The normalized spacial score (nSPS) is 17.6. The molecule has 0 atom stereocenters. The summed E-state index contributed by atoms with van der Waals surface area (Å²) < 4.78 is 44.0. The van der Waals surface area contributed by atoms with Crippen molar-refractivity contribution in [2.75, 3.05) is 43.4 Å². The summed E-state index contributed by atoms with van der Waals surface area (Å²) in [5.74, 6) is -0.259. The fraction of sp³-hybridized carbons (Fsp3) is 0.423. The molecule has 3 aromatic rings. The van der Waals surface area contributed by atoms with Gasteiger partial charge < -0.3 is 25.6 Å². The third-order valence-corrected chi connectivity index (χ3v) is 8.66. The lowest BCUT2D eigenvalue weighted by molar-refractivity contribution is -0.274. The van der Waals surface area contributed by atoms with E-state index in [1.165, 1.54) is 17.4 Å². The minimum Gasteiger partial charge on any atom is -0.404 e. The molecule has 12 heteroatoms. The molecule has 1 aromatic carbocycles. The molecule has 1 aliphatic heterocycles. The van der Waals surface area contributed by atoms with Crippen LogP contribution in [0.4, 0.5) is 30.5 Å². The number of aromatic nitrogens is 2.